The van der Waals surface area contributed by atoms with E-state index in [0.29, 0.717) is 19.4 Å². The van der Waals surface area contributed by atoms with Crippen molar-refractivity contribution in [3.63, 3.8) is 0 Å². The third-order valence-electron chi connectivity index (χ3n) is 7.42. The minimum atomic E-state index is -0.769. The third-order valence-corrected chi connectivity index (χ3v) is 7.42. The Morgan fingerprint density at radius 1 is 1.29 bits per heavy atom. The monoisotopic (exact) mass is 479 g/mol. The number of H-pyrrole nitrogens is 1. The number of nitrogens with zero attached hydrogens (tertiary/aromatic N) is 2. The van der Waals surface area contributed by atoms with E-state index >= 15 is 0 Å². The summed E-state index contributed by atoms with van der Waals surface area (Å²) in [7, 11) is 3.13. The van der Waals surface area contributed by atoms with Crippen molar-refractivity contribution in [2.24, 2.45) is 5.41 Å². The van der Waals surface area contributed by atoms with Crippen LogP contribution >= 0.6 is 0 Å². The van der Waals surface area contributed by atoms with Gasteiger partial charge >= 0.3 is 5.97 Å². The molecule has 8 heteroatoms. The van der Waals surface area contributed by atoms with Crippen LogP contribution in [0.4, 0.5) is 4.39 Å². The first-order valence-corrected chi connectivity index (χ1v) is 11.7. The summed E-state index contributed by atoms with van der Waals surface area (Å²) < 4.78 is 27.4. The lowest BCUT2D eigenvalue weighted by molar-refractivity contribution is -0.154. The number of fused-ring (bicyclic) bond motifs is 2. The molecule has 1 aliphatic carbocycles. The van der Waals surface area contributed by atoms with Crippen molar-refractivity contribution >= 4 is 27.8 Å². The topological polar surface area (TPSA) is 89.4 Å². The average Bonchev–Trinajstić information content (AvgIpc) is 3.37. The minimum absolute atomic E-state index is 0.0636. The number of benzene rings is 2. The number of carboxylic acids is 1. The van der Waals surface area contributed by atoms with Crippen molar-refractivity contribution in [3.8, 4) is 11.4 Å². The molecule has 0 bridgehead atoms. The zero-order valence-corrected chi connectivity index (χ0v) is 20.6. The summed E-state index contributed by atoms with van der Waals surface area (Å²) in [6.45, 7) is 6.50. The van der Waals surface area contributed by atoms with E-state index in [1.807, 2.05) is 6.92 Å². The highest BCUT2D eigenvalue weighted by Gasteiger charge is 2.49. The number of ether oxygens (including phenoxy) is 2. The van der Waals surface area contributed by atoms with Gasteiger partial charge in [0.05, 0.1) is 36.4 Å². The molecule has 2 N–H and O–H groups in total. The lowest BCUT2D eigenvalue weighted by Gasteiger charge is -2.43. The second-order valence-electron chi connectivity index (χ2n) is 10.5. The average molecular weight is 480 g/mol. The maximum atomic E-state index is 14.4. The summed E-state index contributed by atoms with van der Waals surface area (Å²) in [5.41, 5.74) is 3.59. The normalized spacial score (nSPS) is 20.3. The van der Waals surface area contributed by atoms with Crippen LogP contribution in [-0.4, -0.2) is 46.7 Å². The van der Waals surface area contributed by atoms with Gasteiger partial charge in [-0.15, -0.1) is 0 Å². The molecular weight excluding hydrogens is 449 g/mol. The van der Waals surface area contributed by atoms with Gasteiger partial charge < -0.3 is 19.1 Å². The molecule has 0 amide bonds. The summed E-state index contributed by atoms with van der Waals surface area (Å²) in [5.74, 6) is -0.977. The molecule has 0 unspecified atom stereocenters. The molecule has 1 aliphatic rings. The van der Waals surface area contributed by atoms with Crippen LogP contribution in [0.15, 0.2) is 36.5 Å². The number of hydrogen-bond acceptors (Lipinski definition) is 4. The van der Waals surface area contributed by atoms with Crippen LogP contribution in [0.5, 0.6) is 5.75 Å². The summed E-state index contributed by atoms with van der Waals surface area (Å²) >= 11 is 0. The van der Waals surface area contributed by atoms with Crippen LogP contribution in [0.25, 0.3) is 27.5 Å². The van der Waals surface area contributed by atoms with Crippen LogP contribution < -0.4 is 4.74 Å². The fourth-order valence-corrected chi connectivity index (χ4v) is 5.72. The Morgan fingerprint density at radius 3 is 2.69 bits per heavy atom. The molecule has 2 aromatic heterocycles. The molecule has 35 heavy (non-hydrogen) atoms. The van der Waals surface area contributed by atoms with Gasteiger partial charge in [-0.3, -0.25) is 9.89 Å². The number of halogens is 1. The van der Waals surface area contributed by atoms with Crippen LogP contribution in [0, 0.1) is 11.2 Å². The van der Waals surface area contributed by atoms with E-state index in [4.69, 9.17) is 9.47 Å². The molecule has 184 valence electrons. The summed E-state index contributed by atoms with van der Waals surface area (Å²) in [5, 5.41) is 19.0. The highest BCUT2D eigenvalue weighted by molar-refractivity contribution is 5.99. The highest BCUT2D eigenvalue weighted by atomic mass is 19.1. The van der Waals surface area contributed by atoms with Crippen LogP contribution in [0.2, 0.25) is 0 Å². The van der Waals surface area contributed by atoms with E-state index in [2.05, 4.69) is 40.7 Å². The smallest absolute Gasteiger partial charge is 0.309 e. The zero-order valence-electron chi connectivity index (χ0n) is 20.6. The first-order valence-electron chi connectivity index (χ1n) is 11.7. The van der Waals surface area contributed by atoms with Gasteiger partial charge in [0.25, 0.3) is 0 Å². The van der Waals surface area contributed by atoms with Gasteiger partial charge in [0.15, 0.2) is 11.6 Å². The number of methoxy groups -OCH3 is 2. The number of aromatic amines is 1. The van der Waals surface area contributed by atoms with E-state index < -0.39 is 22.6 Å². The van der Waals surface area contributed by atoms with Crippen molar-refractivity contribution in [2.45, 2.75) is 44.9 Å². The Balaban J connectivity index is 1.86. The van der Waals surface area contributed by atoms with Crippen molar-refractivity contribution in [1.82, 2.24) is 14.8 Å². The fourth-order valence-electron chi connectivity index (χ4n) is 5.72. The van der Waals surface area contributed by atoms with Gasteiger partial charge in [-0.25, -0.2) is 4.39 Å². The van der Waals surface area contributed by atoms with E-state index in [0.717, 1.165) is 38.8 Å². The quantitative estimate of drug-likeness (QED) is 0.363. The van der Waals surface area contributed by atoms with Crippen LogP contribution in [0.3, 0.4) is 0 Å². The van der Waals surface area contributed by atoms with Crippen molar-refractivity contribution in [2.75, 3.05) is 20.8 Å². The van der Waals surface area contributed by atoms with E-state index in [1.165, 1.54) is 13.2 Å². The predicted molar refractivity (Wildman–Crippen MR) is 132 cm³/mol. The zero-order chi connectivity index (χ0) is 25.1. The Morgan fingerprint density at radius 2 is 2.03 bits per heavy atom. The molecule has 1 fully saturated rings. The van der Waals surface area contributed by atoms with Gasteiger partial charge in [0.2, 0.25) is 0 Å². The van der Waals surface area contributed by atoms with Crippen LogP contribution in [-0.2, 0) is 14.9 Å². The molecule has 0 saturated heterocycles. The fraction of sp³-hybridized carbons (Fsp3) is 0.407. The number of aliphatic carboxylic acids is 1. The van der Waals surface area contributed by atoms with Crippen molar-refractivity contribution < 1.29 is 23.8 Å². The Kier molecular flexibility index (Phi) is 5.40. The van der Waals surface area contributed by atoms with Gasteiger partial charge in [0.1, 0.15) is 0 Å². The highest BCUT2D eigenvalue weighted by Crippen LogP contribution is 2.55. The molecule has 4 aromatic rings. The lowest BCUT2D eigenvalue weighted by atomic mass is 9.60. The molecule has 2 aromatic carbocycles. The Labute approximate surface area is 202 Å². The predicted octanol–water partition coefficient (Wildman–Crippen LogP) is 5.55. The second kappa shape index (κ2) is 8.09. The van der Waals surface area contributed by atoms with Gasteiger partial charge in [0, 0.05) is 40.7 Å². The molecule has 0 atom stereocenters. The molecule has 7 nitrogen and oxygen atoms in total. The molecule has 0 radical (unpaired) electrons. The molecule has 5 rings (SSSR count). The number of hydrogen-bond donors (Lipinski definition) is 2. The molecule has 0 aliphatic heterocycles. The number of carbonyl (C=O) groups is 1. The Bertz CT molecular complexity index is 1450. The third kappa shape index (κ3) is 3.58. The SMILES string of the molecule is COCC(C)(C)c1c([C@H]2C[C@](C)(C(=O)O)C2)c2cc3[nH]ncc3cc2n1-c1ccc(F)c(OC)c1. The standard InChI is InChI=1S/C27H30FN3O4/c1-26(2,14-34-4)24-23(16-11-27(3,12-16)25(32)33)18-10-20-15(13-29-30-20)8-21(18)31(24)17-6-7-19(28)22(9-17)35-5/h6-10,13,16H,11-12,14H2,1-5H3,(H,29,30)(H,32,33)/t16-,27-. The summed E-state index contributed by atoms with van der Waals surface area (Å²) in [4.78, 5) is 11.9. The summed E-state index contributed by atoms with van der Waals surface area (Å²) in [6, 6.07) is 9.03. The molecule has 0 spiro atoms. The first-order chi connectivity index (χ1) is 16.6. The van der Waals surface area contributed by atoms with Gasteiger partial charge in [-0.05, 0) is 55.5 Å². The maximum absolute atomic E-state index is 14.4. The molecular formula is C27H30FN3O4. The number of rotatable bonds is 7. The van der Waals surface area contributed by atoms with Crippen LogP contribution in [0.1, 0.15) is 50.8 Å². The molecule has 2 heterocycles. The number of carboxylic acid groups (broad SMARTS) is 1. The largest absolute Gasteiger partial charge is 0.494 e. The van der Waals surface area contributed by atoms with Gasteiger partial charge in [-0.1, -0.05) is 13.8 Å². The minimum Gasteiger partial charge on any atom is -0.494 e. The van der Waals surface area contributed by atoms with Crippen molar-refractivity contribution in [3.05, 3.63) is 53.6 Å². The number of aromatic nitrogens is 3. The van der Waals surface area contributed by atoms with Crippen molar-refractivity contribution in [1.29, 1.82) is 0 Å². The van der Waals surface area contributed by atoms with E-state index in [-0.39, 0.29) is 11.7 Å². The maximum Gasteiger partial charge on any atom is 0.309 e. The van der Waals surface area contributed by atoms with E-state index in [9.17, 15) is 14.3 Å². The van der Waals surface area contributed by atoms with Gasteiger partial charge in [-0.2, -0.15) is 5.10 Å². The lowest BCUT2D eigenvalue weighted by Crippen LogP contribution is -2.41. The Hall–Kier alpha value is -3.39. The van der Waals surface area contributed by atoms with E-state index in [1.54, 1.807) is 25.4 Å². The molecule has 1 saturated carbocycles. The second-order valence-corrected chi connectivity index (χ2v) is 10.5. The number of nitrogens with one attached hydrogen (secondary N) is 1. The first kappa shape index (κ1) is 23.4. The summed E-state index contributed by atoms with van der Waals surface area (Å²) in [6.07, 6.45) is 2.87.